The molecule has 1 fully saturated rings. The first-order valence-corrected chi connectivity index (χ1v) is 9.86. The zero-order chi connectivity index (χ0) is 19.0. The molecule has 0 amide bonds. The molecule has 0 atom stereocenters. The molecular formula is C16H19N7O3S. The molecule has 0 unspecified atom stereocenters. The van der Waals surface area contributed by atoms with E-state index in [4.69, 9.17) is 4.55 Å². The van der Waals surface area contributed by atoms with Crippen LogP contribution in [0.15, 0.2) is 30.5 Å². The lowest BCUT2D eigenvalue weighted by Crippen LogP contribution is -2.11. The topological polar surface area (TPSA) is 134 Å². The maximum absolute atomic E-state index is 10.8. The van der Waals surface area contributed by atoms with Gasteiger partial charge in [0.2, 0.25) is 5.95 Å². The molecule has 142 valence electrons. The normalized spacial score (nSPS) is 14.3. The standard InChI is InChI=1S/C16H19N7O3S/c1-23-15-13(9-18-23)14(20-16(21-15)19-11-6-7-11)17-8-10-2-4-12(5-3-10)22-27(24,25)26/h2-5,9,11,22H,6-8H2,1H3,(H,24,25,26)(H2,17,19,20,21). The smallest absolute Gasteiger partial charge is 0.357 e. The summed E-state index contributed by atoms with van der Waals surface area (Å²) in [6.45, 7) is 0.482. The first-order valence-electron chi connectivity index (χ1n) is 8.42. The van der Waals surface area contributed by atoms with Crippen LogP contribution in [0.2, 0.25) is 0 Å². The van der Waals surface area contributed by atoms with E-state index in [1.54, 1.807) is 35.1 Å². The molecule has 4 rings (SSSR count). The second kappa shape index (κ2) is 6.67. The van der Waals surface area contributed by atoms with E-state index in [1.165, 1.54) is 0 Å². The Bertz CT molecular complexity index is 1080. The summed E-state index contributed by atoms with van der Waals surface area (Å²) in [6, 6.07) is 7.10. The highest BCUT2D eigenvalue weighted by Gasteiger charge is 2.23. The Morgan fingerprint density at radius 3 is 2.63 bits per heavy atom. The molecule has 2 heterocycles. The van der Waals surface area contributed by atoms with E-state index in [1.807, 2.05) is 11.8 Å². The average molecular weight is 389 g/mol. The molecule has 3 aromatic rings. The van der Waals surface area contributed by atoms with Crippen LogP contribution >= 0.6 is 0 Å². The fourth-order valence-electron chi connectivity index (χ4n) is 2.66. The van der Waals surface area contributed by atoms with Gasteiger partial charge in [0.05, 0.1) is 17.3 Å². The molecule has 1 aliphatic carbocycles. The number of anilines is 3. The van der Waals surface area contributed by atoms with E-state index < -0.39 is 10.3 Å². The molecule has 0 aliphatic heterocycles. The number of fused-ring (bicyclic) bond motifs is 1. The number of nitrogens with one attached hydrogen (secondary N) is 3. The number of aromatic nitrogens is 4. The maximum atomic E-state index is 10.8. The van der Waals surface area contributed by atoms with Crippen LogP contribution in [-0.2, 0) is 23.9 Å². The molecule has 0 spiro atoms. The van der Waals surface area contributed by atoms with Gasteiger partial charge in [0, 0.05) is 19.6 Å². The van der Waals surface area contributed by atoms with Gasteiger partial charge in [-0.1, -0.05) is 12.1 Å². The number of hydrogen-bond acceptors (Lipinski definition) is 7. The van der Waals surface area contributed by atoms with Crippen molar-refractivity contribution in [3.63, 3.8) is 0 Å². The van der Waals surface area contributed by atoms with Gasteiger partial charge < -0.3 is 10.6 Å². The van der Waals surface area contributed by atoms with E-state index in [9.17, 15) is 8.42 Å². The van der Waals surface area contributed by atoms with Crippen LogP contribution in [0.1, 0.15) is 18.4 Å². The third-order valence-corrected chi connectivity index (χ3v) is 4.66. The zero-order valence-corrected chi connectivity index (χ0v) is 15.4. The van der Waals surface area contributed by atoms with Crippen molar-refractivity contribution in [2.75, 3.05) is 15.4 Å². The second-order valence-corrected chi connectivity index (χ2v) is 7.60. The highest BCUT2D eigenvalue weighted by atomic mass is 32.2. The summed E-state index contributed by atoms with van der Waals surface area (Å²) in [7, 11) is -2.44. The van der Waals surface area contributed by atoms with Crippen LogP contribution in [0, 0.1) is 0 Å². The lowest BCUT2D eigenvalue weighted by Gasteiger charge is -2.10. The van der Waals surface area contributed by atoms with Crippen LogP contribution in [0.25, 0.3) is 11.0 Å². The number of benzene rings is 1. The Morgan fingerprint density at radius 1 is 1.22 bits per heavy atom. The third-order valence-electron chi connectivity index (χ3n) is 4.16. The average Bonchev–Trinajstić information content (AvgIpc) is 3.34. The Morgan fingerprint density at radius 2 is 1.96 bits per heavy atom. The van der Waals surface area contributed by atoms with E-state index in [2.05, 4.69) is 25.7 Å². The van der Waals surface area contributed by atoms with Crippen molar-refractivity contribution >= 4 is 38.8 Å². The molecule has 0 radical (unpaired) electrons. The third kappa shape index (κ3) is 4.26. The fourth-order valence-corrected chi connectivity index (χ4v) is 3.09. The Balaban J connectivity index is 1.52. The molecular weight excluding hydrogens is 370 g/mol. The predicted molar refractivity (Wildman–Crippen MR) is 102 cm³/mol. The molecule has 1 aromatic carbocycles. The largest absolute Gasteiger partial charge is 0.365 e. The number of nitrogens with zero attached hydrogens (tertiary/aromatic N) is 4. The minimum absolute atomic E-state index is 0.286. The highest BCUT2D eigenvalue weighted by Crippen LogP contribution is 2.26. The van der Waals surface area contributed by atoms with Crippen molar-refractivity contribution in [1.82, 2.24) is 19.7 Å². The Labute approximate surface area is 155 Å². The quantitative estimate of drug-likeness (QED) is 0.449. The van der Waals surface area contributed by atoms with Gasteiger partial charge in [-0.2, -0.15) is 23.5 Å². The summed E-state index contributed by atoms with van der Waals surface area (Å²) in [6.07, 6.45) is 3.97. The van der Waals surface area contributed by atoms with Gasteiger partial charge >= 0.3 is 10.3 Å². The van der Waals surface area contributed by atoms with Gasteiger partial charge in [-0.25, -0.2) is 0 Å². The first kappa shape index (κ1) is 17.5. The highest BCUT2D eigenvalue weighted by molar-refractivity contribution is 7.87. The minimum atomic E-state index is -4.28. The van der Waals surface area contributed by atoms with Crippen molar-refractivity contribution < 1.29 is 13.0 Å². The SMILES string of the molecule is Cn1ncc2c(NCc3ccc(NS(=O)(=O)O)cc3)nc(NC3CC3)nc21. The lowest BCUT2D eigenvalue weighted by atomic mass is 10.2. The molecule has 4 N–H and O–H groups in total. The summed E-state index contributed by atoms with van der Waals surface area (Å²) in [4.78, 5) is 9.09. The number of rotatable bonds is 7. The Kier molecular flexibility index (Phi) is 4.32. The van der Waals surface area contributed by atoms with Gasteiger partial charge in [-0.15, -0.1) is 0 Å². The van der Waals surface area contributed by atoms with E-state index in [-0.39, 0.29) is 5.69 Å². The summed E-state index contributed by atoms with van der Waals surface area (Å²) in [5.41, 5.74) is 1.94. The Hall–Kier alpha value is -2.92. The summed E-state index contributed by atoms with van der Waals surface area (Å²) < 4.78 is 34.2. The van der Waals surface area contributed by atoms with Gasteiger partial charge in [0.1, 0.15) is 5.82 Å². The minimum Gasteiger partial charge on any atom is -0.365 e. The van der Waals surface area contributed by atoms with Crippen molar-refractivity contribution in [3.05, 3.63) is 36.0 Å². The molecule has 0 saturated heterocycles. The van der Waals surface area contributed by atoms with E-state index in [0.717, 1.165) is 29.4 Å². The maximum Gasteiger partial charge on any atom is 0.357 e. The van der Waals surface area contributed by atoms with Crippen molar-refractivity contribution in [2.24, 2.45) is 7.05 Å². The van der Waals surface area contributed by atoms with Crippen LogP contribution in [0.5, 0.6) is 0 Å². The van der Waals surface area contributed by atoms with E-state index >= 15 is 0 Å². The summed E-state index contributed by atoms with van der Waals surface area (Å²) in [5, 5.41) is 11.7. The predicted octanol–water partition coefficient (Wildman–Crippen LogP) is 1.76. The molecule has 0 bridgehead atoms. The molecule has 27 heavy (non-hydrogen) atoms. The van der Waals surface area contributed by atoms with Gasteiger partial charge in [-0.3, -0.25) is 14.0 Å². The van der Waals surface area contributed by atoms with Crippen molar-refractivity contribution in [2.45, 2.75) is 25.4 Å². The molecule has 1 saturated carbocycles. The molecule has 11 heteroatoms. The number of aryl methyl sites for hydroxylation is 1. The number of hydrogen-bond donors (Lipinski definition) is 4. The summed E-state index contributed by atoms with van der Waals surface area (Å²) in [5.74, 6) is 1.25. The van der Waals surface area contributed by atoms with Gasteiger partial charge in [0.15, 0.2) is 5.65 Å². The zero-order valence-electron chi connectivity index (χ0n) is 14.5. The second-order valence-electron chi connectivity index (χ2n) is 6.45. The van der Waals surface area contributed by atoms with Crippen molar-refractivity contribution in [1.29, 1.82) is 0 Å². The lowest BCUT2D eigenvalue weighted by molar-refractivity contribution is 0.489. The first-order chi connectivity index (χ1) is 12.9. The molecule has 10 nitrogen and oxygen atoms in total. The molecule has 1 aliphatic rings. The summed E-state index contributed by atoms with van der Waals surface area (Å²) >= 11 is 0. The molecule has 2 aromatic heterocycles. The van der Waals surface area contributed by atoms with Crippen LogP contribution in [-0.4, -0.2) is 38.8 Å². The van der Waals surface area contributed by atoms with Gasteiger partial charge in [-0.05, 0) is 30.5 Å². The monoisotopic (exact) mass is 389 g/mol. The van der Waals surface area contributed by atoms with Crippen LogP contribution in [0.4, 0.5) is 17.5 Å². The van der Waals surface area contributed by atoms with Crippen molar-refractivity contribution in [3.8, 4) is 0 Å². The van der Waals surface area contributed by atoms with E-state index in [0.29, 0.717) is 24.4 Å². The fraction of sp³-hybridized carbons (Fsp3) is 0.312. The van der Waals surface area contributed by atoms with Crippen LogP contribution in [0.3, 0.4) is 0 Å². The van der Waals surface area contributed by atoms with Gasteiger partial charge in [0.25, 0.3) is 0 Å². The van der Waals surface area contributed by atoms with Crippen LogP contribution < -0.4 is 15.4 Å².